The van der Waals surface area contributed by atoms with Crippen LogP contribution in [-0.2, 0) is 9.53 Å². The summed E-state index contributed by atoms with van der Waals surface area (Å²) in [5.74, 6) is 0.381. The second-order valence-electron chi connectivity index (χ2n) is 4.70. The molecule has 0 heterocycles. The average Bonchev–Trinajstić information content (AvgIpc) is 3.19. The second kappa shape index (κ2) is 5.98. The molecule has 18 heavy (non-hydrogen) atoms. The minimum Gasteiger partial charge on any atom is -0.394 e. The van der Waals surface area contributed by atoms with Crippen LogP contribution in [-0.4, -0.2) is 37.4 Å². The summed E-state index contributed by atoms with van der Waals surface area (Å²) in [4.78, 5) is 12.0. The molecule has 1 aromatic rings. The van der Waals surface area contributed by atoms with Crippen molar-refractivity contribution < 1.29 is 14.6 Å². The Kier molecular flexibility index (Phi) is 4.33. The Balaban J connectivity index is 1.86. The van der Waals surface area contributed by atoms with Gasteiger partial charge < -0.3 is 15.2 Å². The molecule has 3 unspecified atom stereocenters. The molecule has 98 valence electrons. The van der Waals surface area contributed by atoms with Gasteiger partial charge in [0.1, 0.15) is 0 Å². The van der Waals surface area contributed by atoms with Gasteiger partial charge in [-0.2, -0.15) is 0 Å². The van der Waals surface area contributed by atoms with Gasteiger partial charge in [0.05, 0.1) is 19.3 Å². The highest BCUT2D eigenvalue weighted by atomic mass is 16.5. The van der Waals surface area contributed by atoms with E-state index in [4.69, 9.17) is 9.84 Å². The van der Waals surface area contributed by atoms with Crippen molar-refractivity contribution in [1.82, 2.24) is 5.32 Å². The number of aliphatic hydroxyl groups is 1. The zero-order chi connectivity index (χ0) is 13.0. The van der Waals surface area contributed by atoms with Crippen LogP contribution in [0.4, 0.5) is 0 Å². The number of hydrogen-bond acceptors (Lipinski definition) is 3. The summed E-state index contributed by atoms with van der Waals surface area (Å²) >= 11 is 0. The second-order valence-corrected chi connectivity index (χ2v) is 4.70. The van der Waals surface area contributed by atoms with Crippen molar-refractivity contribution in [2.45, 2.75) is 18.4 Å². The van der Waals surface area contributed by atoms with Crippen LogP contribution in [0.5, 0.6) is 0 Å². The first kappa shape index (κ1) is 13.1. The molecule has 2 N–H and O–H groups in total. The normalized spacial score (nSPS) is 23.4. The zero-order valence-electron chi connectivity index (χ0n) is 10.5. The number of carbonyl (C=O) groups is 1. The van der Waals surface area contributed by atoms with Crippen LogP contribution in [0, 0.1) is 5.92 Å². The highest BCUT2D eigenvalue weighted by molar-refractivity contribution is 5.83. The quantitative estimate of drug-likeness (QED) is 0.788. The third kappa shape index (κ3) is 3.09. The maximum Gasteiger partial charge on any atom is 0.224 e. The van der Waals surface area contributed by atoms with Crippen LogP contribution in [0.15, 0.2) is 30.3 Å². The SMILES string of the molecule is COCC(CO)NC(=O)C1CC1c1ccccc1. The molecular weight excluding hydrogens is 230 g/mol. The largest absolute Gasteiger partial charge is 0.394 e. The first-order valence-corrected chi connectivity index (χ1v) is 6.21. The van der Waals surface area contributed by atoms with Crippen molar-refractivity contribution in [1.29, 1.82) is 0 Å². The first-order chi connectivity index (χ1) is 8.76. The van der Waals surface area contributed by atoms with Crippen LogP contribution >= 0.6 is 0 Å². The Morgan fingerprint density at radius 1 is 1.50 bits per heavy atom. The van der Waals surface area contributed by atoms with E-state index in [-0.39, 0.29) is 24.5 Å². The summed E-state index contributed by atoms with van der Waals surface area (Å²) in [5, 5.41) is 11.9. The third-order valence-electron chi connectivity index (χ3n) is 3.29. The Morgan fingerprint density at radius 3 is 2.83 bits per heavy atom. The lowest BCUT2D eigenvalue weighted by Gasteiger charge is -2.15. The van der Waals surface area contributed by atoms with E-state index in [9.17, 15) is 4.79 Å². The molecule has 3 atom stereocenters. The van der Waals surface area contributed by atoms with E-state index < -0.39 is 0 Å². The first-order valence-electron chi connectivity index (χ1n) is 6.21. The maximum atomic E-state index is 12.0. The Labute approximate surface area is 107 Å². The van der Waals surface area contributed by atoms with E-state index in [2.05, 4.69) is 17.4 Å². The number of ether oxygens (including phenoxy) is 1. The summed E-state index contributed by atoms with van der Waals surface area (Å²) < 4.78 is 4.93. The smallest absolute Gasteiger partial charge is 0.224 e. The molecule has 0 saturated heterocycles. The number of nitrogens with one attached hydrogen (secondary N) is 1. The number of rotatable bonds is 6. The molecule has 2 rings (SSSR count). The van der Waals surface area contributed by atoms with E-state index in [0.717, 1.165) is 6.42 Å². The number of hydrogen-bond donors (Lipinski definition) is 2. The summed E-state index contributed by atoms with van der Waals surface area (Å²) in [6.07, 6.45) is 0.890. The molecule has 1 aliphatic carbocycles. The van der Waals surface area contributed by atoms with Crippen molar-refractivity contribution in [2.24, 2.45) is 5.92 Å². The molecule has 4 heteroatoms. The molecular formula is C14H19NO3. The van der Waals surface area contributed by atoms with E-state index in [1.54, 1.807) is 7.11 Å². The highest BCUT2D eigenvalue weighted by Gasteiger charge is 2.44. The minimum absolute atomic E-state index is 0.0138. The van der Waals surface area contributed by atoms with Crippen molar-refractivity contribution in [3.63, 3.8) is 0 Å². The van der Waals surface area contributed by atoms with E-state index in [0.29, 0.717) is 12.5 Å². The predicted molar refractivity (Wildman–Crippen MR) is 68.2 cm³/mol. The Hall–Kier alpha value is -1.39. The molecule has 0 bridgehead atoms. The average molecular weight is 249 g/mol. The van der Waals surface area contributed by atoms with Crippen LogP contribution in [0.3, 0.4) is 0 Å². The predicted octanol–water partition coefficient (Wildman–Crippen LogP) is 0.914. The van der Waals surface area contributed by atoms with Gasteiger partial charge in [0, 0.05) is 13.0 Å². The van der Waals surface area contributed by atoms with Gasteiger partial charge in [-0.15, -0.1) is 0 Å². The number of benzene rings is 1. The van der Waals surface area contributed by atoms with Crippen molar-refractivity contribution in [3.8, 4) is 0 Å². The number of carbonyl (C=O) groups excluding carboxylic acids is 1. The summed E-state index contributed by atoms with van der Waals surface area (Å²) in [6, 6.07) is 9.75. The standard InChI is InChI=1S/C14H19NO3/c1-18-9-11(8-16)15-14(17)13-7-12(13)10-5-3-2-4-6-10/h2-6,11-13,16H,7-9H2,1H3,(H,15,17). The summed E-state index contributed by atoms with van der Waals surface area (Å²) in [7, 11) is 1.55. The zero-order valence-corrected chi connectivity index (χ0v) is 10.5. The van der Waals surface area contributed by atoms with Crippen molar-refractivity contribution in [2.75, 3.05) is 20.3 Å². The molecule has 0 radical (unpaired) electrons. The van der Waals surface area contributed by atoms with Gasteiger partial charge >= 0.3 is 0 Å². The van der Waals surface area contributed by atoms with Crippen molar-refractivity contribution in [3.05, 3.63) is 35.9 Å². The van der Waals surface area contributed by atoms with Gasteiger partial charge in [0.2, 0.25) is 5.91 Å². The number of methoxy groups -OCH3 is 1. The van der Waals surface area contributed by atoms with Gasteiger partial charge in [-0.05, 0) is 17.9 Å². The topological polar surface area (TPSA) is 58.6 Å². The van der Waals surface area contributed by atoms with Gasteiger partial charge in [-0.25, -0.2) is 0 Å². The van der Waals surface area contributed by atoms with Crippen LogP contribution in [0.2, 0.25) is 0 Å². The fraction of sp³-hybridized carbons (Fsp3) is 0.500. The van der Waals surface area contributed by atoms with E-state index in [1.807, 2.05) is 18.2 Å². The Bertz CT molecular complexity index is 393. The molecule has 0 spiro atoms. The number of aliphatic hydroxyl groups excluding tert-OH is 1. The molecule has 1 saturated carbocycles. The maximum absolute atomic E-state index is 12.0. The fourth-order valence-corrected chi connectivity index (χ4v) is 2.20. The molecule has 4 nitrogen and oxygen atoms in total. The van der Waals surface area contributed by atoms with Crippen LogP contribution in [0.25, 0.3) is 0 Å². The fourth-order valence-electron chi connectivity index (χ4n) is 2.20. The van der Waals surface area contributed by atoms with E-state index in [1.165, 1.54) is 5.56 Å². The number of amides is 1. The molecule has 1 fully saturated rings. The lowest BCUT2D eigenvalue weighted by Crippen LogP contribution is -2.41. The van der Waals surface area contributed by atoms with Gasteiger partial charge in [0.15, 0.2) is 0 Å². The van der Waals surface area contributed by atoms with Gasteiger partial charge in [0.25, 0.3) is 0 Å². The lowest BCUT2D eigenvalue weighted by molar-refractivity contribution is -0.123. The molecule has 1 aliphatic rings. The van der Waals surface area contributed by atoms with E-state index >= 15 is 0 Å². The molecule has 0 aliphatic heterocycles. The molecule has 1 aromatic carbocycles. The molecule has 0 aromatic heterocycles. The Morgan fingerprint density at radius 2 is 2.22 bits per heavy atom. The summed E-state index contributed by atoms with van der Waals surface area (Å²) in [6.45, 7) is 0.243. The monoisotopic (exact) mass is 249 g/mol. The van der Waals surface area contributed by atoms with Crippen LogP contribution in [0.1, 0.15) is 17.9 Å². The highest BCUT2D eigenvalue weighted by Crippen LogP contribution is 2.47. The van der Waals surface area contributed by atoms with Crippen molar-refractivity contribution >= 4 is 5.91 Å². The molecule has 1 amide bonds. The third-order valence-corrected chi connectivity index (χ3v) is 3.29. The van der Waals surface area contributed by atoms with Gasteiger partial charge in [-0.3, -0.25) is 4.79 Å². The van der Waals surface area contributed by atoms with Crippen LogP contribution < -0.4 is 5.32 Å². The minimum atomic E-state index is -0.306. The lowest BCUT2D eigenvalue weighted by atomic mass is 10.1. The summed E-state index contributed by atoms with van der Waals surface area (Å²) in [5.41, 5.74) is 1.21. The van der Waals surface area contributed by atoms with Gasteiger partial charge in [-0.1, -0.05) is 30.3 Å².